The van der Waals surface area contributed by atoms with Crippen molar-refractivity contribution in [1.29, 1.82) is 5.26 Å². The molecule has 0 saturated heterocycles. The summed E-state index contributed by atoms with van der Waals surface area (Å²) in [6.45, 7) is 2.13. The lowest BCUT2D eigenvalue weighted by molar-refractivity contribution is 0.618. The Morgan fingerprint density at radius 1 is 1.53 bits per heavy atom. The smallest absolute Gasteiger partial charge is 0.129 e. The molecule has 0 bridgehead atoms. The topological polar surface area (TPSA) is 61.6 Å². The van der Waals surface area contributed by atoms with Crippen LogP contribution in [0.4, 0.5) is 10.1 Å². The zero-order valence-electron chi connectivity index (χ0n) is 9.07. The van der Waals surface area contributed by atoms with Crippen LogP contribution in [0.15, 0.2) is 17.5 Å². The van der Waals surface area contributed by atoms with Gasteiger partial charge < -0.3 is 5.32 Å². The molecule has 2 aromatic rings. The van der Waals surface area contributed by atoms with Crippen LogP contribution in [0.5, 0.6) is 0 Å². The van der Waals surface area contributed by atoms with Gasteiger partial charge in [-0.2, -0.15) is 5.26 Å². The van der Waals surface area contributed by atoms with Gasteiger partial charge in [0.15, 0.2) is 0 Å². The van der Waals surface area contributed by atoms with Gasteiger partial charge >= 0.3 is 0 Å². The van der Waals surface area contributed by atoms with Crippen LogP contribution in [0.3, 0.4) is 0 Å². The maximum Gasteiger partial charge on any atom is 0.129 e. The molecule has 0 spiro atoms. The molecule has 0 aliphatic carbocycles. The largest absolute Gasteiger partial charge is 0.379 e. The fourth-order valence-electron chi connectivity index (χ4n) is 1.37. The highest BCUT2D eigenvalue weighted by molar-refractivity contribution is 7.03. The lowest BCUT2D eigenvalue weighted by atomic mass is 10.1. The second-order valence-corrected chi connectivity index (χ2v) is 4.10. The Kier molecular flexibility index (Phi) is 3.30. The molecule has 1 N–H and O–H groups in total. The fraction of sp³-hybridized carbons (Fsp3) is 0.182. The molecule has 1 aromatic carbocycles. The molecule has 0 aliphatic rings. The van der Waals surface area contributed by atoms with E-state index in [-0.39, 0.29) is 5.82 Å². The number of halogens is 1. The third-order valence-electron chi connectivity index (χ3n) is 2.34. The fourth-order valence-corrected chi connectivity index (χ4v) is 1.83. The highest BCUT2D eigenvalue weighted by Gasteiger charge is 2.07. The SMILES string of the molecule is Cc1c(F)cc(C#N)cc1NCc1csnn1. The number of hydrogen-bond donors (Lipinski definition) is 1. The lowest BCUT2D eigenvalue weighted by Gasteiger charge is -2.09. The molecule has 17 heavy (non-hydrogen) atoms. The van der Waals surface area contributed by atoms with Gasteiger partial charge in [0.05, 0.1) is 23.9 Å². The van der Waals surface area contributed by atoms with Crippen molar-refractivity contribution < 1.29 is 4.39 Å². The minimum Gasteiger partial charge on any atom is -0.379 e. The Labute approximate surface area is 102 Å². The van der Waals surface area contributed by atoms with E-state index in [2.05, 4.69) is 14.9 Å². The van der Waals surface area contributed by atoms with E-state index in [9.17, 15) is 4.39 Å². The summed E-state index contributed by atoms with van der Waals surface area (Å²) >= 11 is 1.26. The number of benzene rings is 1. The summed E-state index contributed by atoms with van der Waals surface area (Å²) in [5.41, 5.74) is 2.19. The molecule has 0 atom stereocenters. The van der Waals surface area contributed by atoms with Crippen molar-refractivity contribution in [3.05, 3.63) is 40.2 Å². The van der Waals surface area contributed by atoms with E-state index in [0.717, 1.165) is 5.69 Å². The monoisotopic (exact) mass is 248 g/mol. The molecular weight excluding hydrogens is 239 g/mol. The van der Waals surface area contributed by atoms with Gasteiger partial charge in [-0.15, -0.1) is 5.10 Å². The molecule has 86 valence electrons. The molecule has 0 amide bonds. The Morgan fingerprint density at radius 2 is 2.35 bits per heavy atom. The minimum absolute atomic E-state index is 0.298. The average molecular weight is 248 g/mol. The first-order valence-electron chi connectivity index (χ1n) is 4.90. The van der Waals surface area contributed by atoms with Crippen molar-refractivity contribution in [3.8, 4) is 6.07 Å². The van der Waals surface area contributed by atoms with E-state index in [1.165, 1.54) is 17.6 Å². The summed E-state index contributed by atoms with van der Waals surface area (Å²) in [7, 11) is 0. The first kappa shape index (κ1) is 11.5. The van der Waals surface area contributed by atoms with Crippen LogP contribution in [-0.4, -0.2) is 9.59 Å². The number of aromatic nitrogens is 2. The number of nitrogens with one attached hydrogen (secondary N) is 1. The maximum absolute atomic E-state index is 13.5. The molecule has 1 aromatic heterocycles. The van der Waals surface area contributed by atoms with E-state index in [1.54, 1.807) is 13.0 Å². The number of rotatable bonds is 3. The summed E-state index contributed by atoms with van der Waals surface area (Å²) in [5, 5.41) is 17.5. The number of anilines is 1. The molecule has 0 unspecified atom stereocenters. The molecule has 6 heteroatoms. The van der Waals surface area contributed by atoms with Gasteiger partial charge in [0.1, 0.15) is 5.82 Å². The van der Waals surface area contributed by atoms with Crippen LogP contribution in [0, 0.1) is 24.1 Å². The minimum atomic E-state index is -0.386. The number of hydrogen-bond acceptors (Lipinski definition) is 5. The van der Waals surface area contributed by atoms with Crippen LogP contribution in [-0.2, 0) is 6.54 Å². The zero-order chi connectivity index (χ0) is 12.3. The average Bonchev–Trinajstić information content (AvgIpc) is 2.84. The number of nitriles is 1. The third-order valence-corrected chi connectivity index (χ3v) is 2.89. The van der Waals surface area contributed by atoms with Crippen molar-refractivity contribution >= 4 is 17.2 Å². The van der Waals surface area contributed by atoms with Crippen molar-refractivity contribution in [2.45, 2.75) is 13.5 Å². The summed E-state index contributed by atoms with van der Waals surface area (Å²) in [5.74, 6) is -0.386. The van der Waals surface area contributed by atoms with Gasteiger partial charge in [0.2, 0.25) is 0 Å². The van der Waals surface area contributed by atoms with Crippen molar-refractivity contribution in [2.75, 3.05) is 5.32 Å². The molecule has 0 fully saturated rings. The lowest BCUT2D eigenvalue weighted by Crippen LogP contribution is -2.03. The standard InChI is InChI=1S/C11H9FN4S/c1-7-10(12)2-8(4-13)3-11(7)14-5-9-6-17-16-15-9/h2-3,6,14H,5H2,1H3. The van der Waals surface area contributed by atoms with Crippen LogP contribution in [0.25, 0.3) is 0 Å². The van der Waals surface area contributed by atoms with Gasteiger partial charge in [-0.05, 0) is 30.6 Å². The highest BCUT2D eigenvalue weighted by Crippen LogP contribution is 2.20. The highest BCUT2D eigenvalue weighted by atomic mass is 32.1. The first-order valence-corrected chi connectivity index (χ1v) is 5.74. The molecule has 0 saturated carbocycles. The quantitative estimate of drug-likeness (QED) is 0.906. The van der Waals surface area contributed by atoms with Gasteiger partial charge in [-0.25, -0.2) is 4.39 Å². The van der Waals surface area contributed by atoms with Crippen LogP contribution in [0.2, 0.25) is 0 Å². The number of nitrogens with zero attached hydrogens (tertiary/aromatic N) is 3. The first-order chi connectivity index (χ1) is 8.20. The van der Waals surface area contributed by atoms with Gasteiger partial charge in [0, 0.05) is 16.6 Å². The second-order valence-electron chi connectivity index (χ2n) is 3.49. The Morgan fingerprint density at radius 3 is 3.00 bits per heavy atom. The molecule has 4 nitrogen and oxygen atoms in total. The molecule has 2 rings (SSSR count). The Balaban J connectivity index is 2.20. The Bertz CT molecular complexity index is 560. The van der Waals surface area contributed by atoms with Crippen molar-refractivity contribution in [3.63, 3.8) is 0 Å². The predicted molar refractivity (Wildman–Crippen MR) is 63.1 cm³/mol. The van der Waals surface area contributed by atoms with E-state index < -0.39 is 0 Å². The van der Waals surface area contributed by atoms with Crippen molar-refractivity contribution in [2.24, 2.45) is 0 Å². The molecular formula is C11H9FN4S. The zero-order valence-corrected chi connectivity index (χ0v) is 9.88. The van der Waals surface area contributed by atoms with Gasteiger partial charge in [0.25, 0.3) is 0 Å². The summed E-state index contributed by atoms with van der Waals surface area (Å²) < 4.78 is 17.2. The second kappa shape index (κ2) is 4.89. The van der Waals surface area contributed by atoms with E-state index in [0.29, 0.717) is 23.4 Å². The van der Waals surface area contributed by atoms with Gasteiger partial charge in [-0.1, -0.05) is 4.49 Å². The molecule has 1 heterocycles. The van der Waals surface area contributed by atoms with E-state index in [1.807, 2.05) is 11.4 Å². The summed E-state index contributed by atoms with van der Waals surface area (Å²) in [6, 6.07) is 4.77. The van der Waals surface area contributed by atoms with Gasteiger partial charge in [-0.3, -0.25) is 0 Å². The molecule has 0 aliphatic heterocycles. The normalized spacial score (nSPS) is 9.94. The van der Waals surface area contributed by atoms with Crippen molar-refractivity contribution in [1.82, 2.24) is 9.59 Å². The van der Waals surface area contributed by atoms with Crippen LogP contribution in [0.1, 0.15) is 16.8 Å². The summed E-state index contributed by atoms with van der Waals surface area (Å²) in [4.78, 5) is 0. The molecule has 0 radical (unpaired) electrons. The maximum atomic E-state index is 13.5. The Hall–Kier alpha value is -2.00. The van der Waals surface area contributed by atoms with E-state index >= 15 is 0 Å². The predicted octanol–water partition coefficient (Wildman–Crippen LogP) is 2.47. The third kappa shape index (κ3) is 2.57. The van der Waals surface area contributed by atoms with Crippen LogP contribution < -0.4 is 5.32 Å². The van der Waals surface area contributed by atoms with Crippen LogP contribution >= 0.6 is 11.5 Å². The summed E-state index contributed by atoms with van der Waals surface area (Å²) in [6.07, 6.45) is 0. The van der Waals surface area contributed by atoms with E-state index in [4.69, 9.17) is 5.26 Å².